The molecule has 0 bridgehead atoms. The summed E-state index contributed by atoms with van der Waals surface area (Å²) in [4.78, 5) is 38.5. The molecule has 1 amide bonds. The van der Waals surface area contributed by atoms with E-state index >= 15 is 0 Å². The lowest BCUT2D eigenvalue weighted by atomic mass is 9.97. The number of piperidine rings is 1. The third-order valence-electron chi connectivity index (χ3n) is 4.48. The van der Waals surface area contributed by atoms with Crippen molar-refractivity contribution >= 4 is 17.8 Å². The molecule has 148 valence electrons. The summed E-state index contributed by atoms with van der Waals surface area (Å²) < 4.78 is 10.7. The van der Waals surface area contributed by atoms with Crippen LogP contribution in [0.3, 0.4) is 0 Å². The molecular formula is C21H29NO5. The van der Waals surface area contributed by atoms with Crippen molar-refractivity contribution in [2.24, 2.45) is 5.92 Å². The van der Waals surface area contributed by atoms with Gasteiger partial charge in [-0.05, 0) is 47.5 Å². The van der Waals surface area contributed by atoms with Gasteiger partial charge in [0.25, 0.3) is 0 Å². The first-order valence-corrected chi connectivity index (χ1v) is 9.36. The van der Waals surface area contributed by atoms with Crippen molar-refractivity contribution in [1.82, 2.24) is 4.90 Å². The monoisotopic (exact) mass is 375 g/mol. The Bertz CT molecular complexity index is 682. The number of Topliss-reactive ketones (excluding diaryl/α,β-unsaturated/α-hetero) is 1. The maximum Gasteiger partial charge on any atom is 0.410 e. The van der Waals surface area contributed by atoms with E-state index in [1.54, 1.807) is 24.0 Å². The molecule has 0 unspecified atom stereocenters. The molecule has 6 nitrogen and oxygen atoms in total. The van der Waals surface area contributed by atoms with E-state index in [9.17, 15) is 14.4 Å². The van der Waals surface area contributed by atoms with Crippen LogP contribution >= 0.6 is 0 Å². The van der Waals surface area contributed by atoms with E-state index in [4.69, 9.17) is 9.47 Å². The van der Waals surface area contributed by atoms with Gasteiger partial charge < -0.3 is 14.4 Å². The zero-order valence-electron chi connectivity index (χ0n) is 16.8. The standard InChI is InChI=1S/C21H29NO5/c1-14-6-8-16(9-7-14)18(23)15(2)26-19(24)17-10-12-22(13-11-17)20(25)27-21(3,4)5/h6-9,15,17H,10-13H2,1-5H3/t15-/m0/s1. The number of hydrogen-bond donors (Lipinski definition) is 0. The van der Waals surface area contributed by atoms with Crippen LogP contribution in [0.5, 0.6) is 0 Å². The van der Waals surface area contributed by atoms with Crippen LogP contribution in [0, 0.1) is 12.8 Å². The van der Waals surface area contributed by atoms with Gasteiger partial charge in [-0.2, -0.15) is 0 Å². The Morgan fingerprint density at radius 1 is 1.07 bits per heavy atom. The number of ketones is 1. The van der Waals surface area contributed by atoms with E-state index in [0.717, 1.165) is 5.56 Å². The summed E-state index contributed by atoms with van der Waals surface area (Å²) in [7, 11) is 0. The van der Waals surface area contributed by atoms with Crippen molar-refractivity contribution in [1.29, 1.82) is 0 Å². The molecule has 1 fully saturated rings. The molecule has 1 aromatic rings. The molecule has 0 aliphatic carbocycles. The number of likely N-dealkylation sites (tertiary alicyclic amines) is 1. The molecule has 1 atom stereocenters. The number of benzene rings is 1. The normalized spacial score (nSPS) is 16.6. The van der Waals surface area contributed by atoms with Crippen molar-refractivity contribution in [2.75, 3.05) is 13.1 Å². The highest BCUT2D eigenvalue weighted by Gasteiger charge is 2.32. The third-order valence-corrected chi connectivity index (χ3v) is 4.48. The van der Waals surface area contributed by atoms with Crippen LogP contribution in [0.1, 0.15) is 56.5 Å². The van der Waals surface area contributed by atoms with Crippen molar-refractivity contribution in [3.8, 4) is 0 Å². The molecule has 0 saturated carbocycles. The molecule has 1 saturated heterocycles. The number of nitrogens with zero attached hydrogens (tertiary/aromatic N) is 1. The van der Waals surface area contributed by atoms with Crippen molar-refractivity contribution in [2.45, 2.75) is 59.2 Å². The lowest BCUT2D eigenvalue weighted by Crippen LogP contribution is -2.43. The van der Waals surface area contributed by atoms with E-state index in [2.05, 4.69) is 0 Å². The molecular weight excluding hydrogens is 346 g/mol. The number of amides is 1. The van der Waals surface area contributed by atoms with Gasteiger partial charge in [0.05, 0.1) is 5.92 Å². The molecule has 0 N–H and O–H groups in total. The maximum absolute atomic E-state index is 12.4. The Hall–Kier alpha value is -2.37. The molecule has 27 heavy (non-hydrogen) atoms. The lowest BCUT2D eigenvalue weighted by molar-refractivity contribution is -0.152. The minimum absolute atomic E-state index is 0.213. The summed E-state index contributed by atoms with van der Waals surface area (Å²) >= 11 is 0. The van der Waals surface area contributed by atoms with Gasteiger partial charge in [0, 0.05) is 18.7 Å². The highest BCUT2D eigenvalue weighted by Crippen LogP contribution is 2.22. The van der Waals surface area contributed by atoms with Gasteiger partial charge in [-0.25, -0.2) is 4.79 Å². The van der Waals surface area contributed by atoms with Gasteiger partial charge in [-0.3, -0.25) is 9.59 Å². The fraction of sp³-hybridized carbons (Fsp3) is 0.571. The lowest BCUT2D eigenvalue weighted by Gasteiger charge is -2.32. The smallest absolute Gasteiger partial charge is 0.410 e. The van der Waals surface area contributed by atoms with Crippen molar-refractivity contribution in [3.63, 3.8) is 0 Å². The van der Waals surface area contributed by atoms with Crippen molar-refractivity contribution < 1.29 is 23.9 Å². The zero-order chi connectivity index (χ0) is 20.2. The van der Waals surface area contributed by atoms with Gasteiger partial charge in [0.1, 0.15) is 5.60 Å². The SMILES string of the molecule is Cc1ccc(C(=O)[C@H](C)OC(=O)C2CCN(C(=O)OC(C)(C)C)CC2)cc1. The predicted molar refractivity (Wildman–Crippen MR) is 102 cm³/mol. The maximum atomic E-state index is 12.4. The van der Waals surface area contributed by atoms with E-state index in [0.29, 0.717) is 31.5 Å². The first-order chi connectivity index (χ1) is 12.6. The Balaban J connectivity index is 1.84. The van der Waals surface area contributed by atoms with Crippen LogP contribution in [-0.2, 0) is 14.3 Å². The molecule has 0 radical (unpaired) electrons. The summed E-state index contributed by atoms with van der Waals surface area (Å²) in [5, 5.41) is 0. The Kier molecular flexibility index (Phi) is 6.63. The summed E-state index contributed by atoms with van der Waals surface area (Å²) in [5.41, 5.74) is 1.05. The number of carbonyl (C=O) groups is 3. The fourth-order valence-electron chi connectivity index (χ4n) is 2.90. The number of carbonyl (C=O) groups excluding carboxylic acids is 3. The highest BCUT2D eigenvalue weighted by atomic mass is 16.6. The predicted octanol–water partition coefficient (Wildman–Crippen LogP) is 3.76. The van der Waals surface area contributed by atoms with Crippen molar-refractivity contribution in [3.05, 3.63) is 35.4 Å². The Labute approximate surface area is 160 Å². The molecule has 6 heteroatoms. The molecule has 1 heterocycles. The zero-order valence-corrected chi connectivity index (χ0v) is 16.8. The summed E-state index contributed by atoms with van der Waals surface area (Å²) in [5.74, 6) is -0.904. The van der Waals surface area contributed by atoms with E-state index in [1.165, 1.54) is 0 Å². The molecule has 0 aromatic heterocycles. The first-order valence-electron chi connectivity index (χ1n) is 9.36. The summed E-state index contributed by atoms with van der Waals surface area (Å²) in [6.07, 6.45) is -0.186. The van der Waals surface area contributed by atoms with Crippen LogP contribution in [-0.4, -0.2) is 47.5 Å². The van der Waals surface area contributed by atoms with E-state index in [1.807, 2.05) is 39.8 Å². The van der Waals surface area contributed by atoms with Gasteiger partial charge in [0.2, 0.25) is 5.78 Å². The minimum Gasteiger partial charge on any atom is -0.454 e. The quantitative estimate of drug-likeness (QED) is 0.592. The average Bonchev–Trinajstić information content (AvgIpc) is 2.60. The van der Waals surface area contributed by atoms with Crippen LogP contribution in [0.15, 0.2) is 24.3 Å². The van der Waals surface area contributed by atoms with Gasteiger partial charge >= 0.3 is 12.1 Å². The molecule has 1 aliphatic heterocycles. The van der Waals surface area contributed by atoms with Crippen LogP contribution in [0.4, 0.5) is 4.79 Å². The Morgan fingerprint density at radius 2 is 1.63 bits per heavy atom. The number of aryl methyl sites for hydroxylation is 1. The van der Waals surface area contributed by atoms with Gasteiger partial charge in [-0.15, -0.1) is 0 Å². The second-order valence-electron chi connectivity index (χ2n) is 8.05. The molecule has 0 spiro atoms. The molecule has 2 rings (SSSR count). The van der Waals surface area contributed by atoms with E-state index in [-0.39, 0.29) is 23.8 Å². The Morgan fingerprint density at radius 3 is 2.15 bits per heavy atom. The number of hydrogen-bond acceptors (Lipinski definition) is 5. The topological polar surface area (TPSA) is 72.9 Å². The van der Waals surface area contributed by atoms with E-state index < -0.39 is 11.7 Å². The van der Waals surface area contributed by atoms with Gasteiger partial charge in [-0.1, -0.05) is 29.8 Å². The summed E-state index contributed by atoms with van der Waals surface area (Å²) in [6.45, 7) is 9.88. The average molecular weight is 375 g/mol. The number of ether oxygens (including phenoxy) is 2. The highest BCUT2D eigenvalue weighted by molar-refractivity contribution is 6.00. The largest absolute Gasteiger partial charge is 0.454 e. The molecule has 1 aromatic carbocycles. The fourth-order valence-corrected chi connectivity index (χ4v) is 2.90. The minimum atomic E-state index is -0.830. The number of rotatable bonds is 4. The van der Waals surface area contributed by atoms with Gasteiger partial charge in [0.15, 0.2) is 6.10 Å². The van der Waals surface area contributed by atoms with Crippen LogP contribution in [0.2, 0.25) is 0 Å². The second kappa shape index (κ2) is 8.55. The third kappa shape index (κ3) is 6.08. The van der Waals surface area contributed by atoms with Crippen LogP contribution in [0.25, 0.3) is 0 Å². The molecule has 1 aliphatic rings. The van der Waals surface area contributed by atoms with Crippen LogP contribution < -0.4 is 0 Å². The first kappa shape index (κ1) is 20.9. The number of esters is 1. The summed E-state index contributed by atoms with van der Waals surface area (Å²) in [6, 6.07) is 7.19. The second-order valence-corrected chi connectivity index (χ2v) is 8.05.